The summed E-state index contributed by atoms with van der Waals surface area (Å²) in [6.07, 6.45) is 6.77. The molecule has 3 heteroatoms. The third kappa shape index (κ3) is 3.44. The summed E-state index contributed by atoms with van der Waals surface area (Å²) in [5.74, 6) is 0.859. The van der Waals surface area contributed by atoms with E-state index in [9.17, 15) is 0 Å². The van der Waals surface area contributed by atoms with Gasteiger partial charge >= 0.3 is 0 Å². The fourth-order valence-corrected chi connectivity index (χ4v) is 4.41. The largest absolute Gasteiger partial charge is 0.316 e. The van der Waals surface area contributed by atoms with Gasteiger partial charge in [0.05, 0.1) is 0 Å². The first-order chi connectivity index (χ1) is 9.78. The first-order valence-corrected chi connectivity index (χ1v) is 9.14. The van der Waals surface area contributed by atoms with Gasteiger partial charge < -0.3 is 5.32 Å². The van der Waals surface area contributed by atoms with Gasteiger partial charge in [-0.3, -0.25) is 4.90 Å². The predicted molar refractivity (Wildman–Crippen MR) is 87.4 cm³/mol. The van der Waals surface area contributed by atoms with Crippen LogP contribution in [0, 0.1) is 5.92 Å². The van der Waals surface area contributed by atoms with Crippen molar-refractivity contribution >= 4 is 11.3 Å². The monoisotopic (exact) mass is 292 g/mol. The van der Waals surface area contributed by atoms with Crippen LogP contribution in [0.5, 0.6) is 0 Å². The molecule has 2 fully saturated rings. The Labute approximate surface area is 127 Å². The van der Waals surface area contributed by atoms with E-state index in [0.29, 0.717) is 6.04 Å². The maximum Gasteiger partial charge on any atom is 0.0416 e. The van der Waals surface area contributed by atoms with Crippen LogP contribution < -0.4 is 5.32 Å². The highest BCUT2D eigenvalue weighted by Gasteiger charge is 2.34. The number of thiophene rings is 1. The van der Waals surface area contributed by atoms with Gasteiger partial charge in [0, 0.05) is 28.4 Å². The summed E-state index contributed by atoms with van der Waals surface area (Å²) in [4.78, 5) is 5.89. The van der Waals surface area contributed by atoms with Gasteiger partial charge in [0.25, 0.3) is 0 Å². The number of nitrogens with one attached hydrogen (secondary N) is 1. The molecule has 2 unspecified atom stereocenters. The minimum absolute atomic E-state index is 0.606. The maximum absolute atomic E-state index is 3.57. The van der Waals surface area contributed by atoms with Crippen LogP contribution in [0.2, 0.25) is 0 Å². The van der Waals surface area contributed by atoms with E-state index in [2.05, 4.69) is 36.2 Å². The van der Waals surface area contributed by atoms with E-state index in [1.165, 1.54) is 56.6 Å². The highest BCUT2D eigenvalue weighted by atomic mass is 32.1. The molecule has 1 saturated carbocycles. The van der Waals surface area contributed by atoms with Crippen molar-refractivity contribution in [3.63, 3.8) is 0 Å². The molecule has 2 atom stereocenters. The molecule has 0 bridgehead atoms. The van der Waals surface area contributed by atoms with Gasteiger partial charge in [0.1, 0.15) is 0 Å². The summed E-state index contributed by atoms with van der Waals surface area (Å²) in [7, 11) is 0. The lowest BCUT2D eigenvalue weighted by molar-refractivity contribution is 0.156. The fraction of sp³-hybridized carbons (Fsp3) is 0.765. The average Bonchev–Trinajstić information content (AvgIpc) is 3.21. The molecular formula is C17H28N2S. The van der Waals surface area contributed by atoms with Crippen molar-refractivity contribution in [3.8, 4) is 0 Å². The van der Waals surface area contributed by atoms with Crippen molar-refractivity contribution in [1.29, 1.82) is 0 Å². The van der Waals surface area contributed by atoms with Crippen molar-refractivity contribution in [1.82, 2.24) is 10.2 Å². The van der Waals surface area contributed by atoms with E-state index < -0.39 is 0 Å². The third-order valence-electron chi connectivity index (χ3n) is 4.82. The highest BCUT2D eigenvalue weighted by Crippen LogP contribution is 2.37. The molecule has 0 aromatic carbocycles. The van der Waals surface area contributed by atoms with Crippen LogP contribution in [0.1, 0.15) is 55.3 Å². The van der Waals surface area contributed by atoms with Crippen LogP contribution in [0.15, 0.2) is 12.1 Å². The Morgan fingerprint density at radius 3 is 2.80 bits per heavy atom. The zero-order valence-corrected chi connectivity index (χ0v) is 13.7. The number of piperidine rings is 1. The van der Waals surface area contributed by atoms with E-state index in [1.807, 2.05) is 11.3 Å². The zero-order valence-electron chi connectivity index (χ0n) is 12.9. The smallest absolute Gasteiger partial charge is 0.0416 e. The van der Waals surface area contributed by atoms with Crippen LogP contribution in [-0.2, 0) is 6.42 Å². The maximum atomic E-state index is 3.57. The van der Waals surface area contributed by atoms with Crippen molar-refractivity contribution in [2.24, 2.45) is 5.92 Å². The molecule has 1 saturated heterocycles. The van der Waals surface area contributed by atoms with Crippen LogP contribution in [0.3, 0.4) is 0 Å². The molecule has 20 heavy (non-hydrogen) atoms. The topological polar surface area (TPSA) is 15.3 Å². The molecule has 1 N–H and O–H groups in total. The lowest BCUT2D eigenvalue weighted by Gasteiger charge is -2.34. The predicted octanol–water partition coefficient (Wildman–Crippen LogP) is 3.84. The Morgan fingerprint density at radius 2 is 2.20 bits per heavy atom. The molecule has 112 valence electrons. The summed E-state index contributed by atoms with van der Waals surface area (Å²) in [5, 5.41) is 3.57. The molecule has 2 nitrogen and oxygen atoms in total. The Morgan fingerprint density at radius 1 is 1.35 bits per heavy atom. The summed E-state index contributed by atoms with van der Waals surface area (Å²) >= 11 is 2.02. The molecule has 0 radical (unpaired) electrons. The van der Waals surface area contributed by atoms with Crippen molar-refractivity contribution in [3.05, 3.63) is 21.9 Å². The van der Waals surface area contributed by atoms with Gasteiger partial charge in [-0.25, -0.2) is 0 Å². The van der Waals surface area contributed by atoms with Crippen molar-refractivity contribution in [2.75, 3.05) is 19.6 Å². The van der Waals surface area contributed by atoms with E-state index in [1.54, 1.807) is 4.88 Å². The van der Waals surface area contributed by atoms with Crippen LogP contribution >= 0.6 is 11.3 Å². The molecule has 2 heterocycles. The van der Waals surface area contributed by atoms with Gasteiger partial charge in [-0.1, -0.05) is 6.92 Å². The second kappa shape index (κ2) is 6.59. The molecule has 1 aliphatic carbocycles. The summed E-state index contributed by atoms with van der Waals surface area (Å²) in [5.41, 5.74) is 0. The number of rotatable bonds is 6. The molecule has 0 amide bonds. The Hall–Kier alpha value is -0.380. The molecule has 3 rings (SSSR count). The van der Waals surface area contributed by atoms with Crippen molar-refractivity contribution in [2.45, 2.75) is 58.0 Å². The van der Waals surface area contributed by atoms with Crippen LogP contribution in [0.25, 0.3) is 0 Å². The fourth-order valence-electron chi connectivity index (χ4n) is 3.38. The normalized spacial score (nSPS) is 25.1. The SMILES string of the molecule is CCc1ccc(C(C)N(CC2CCCNC2)C2CC2)s1. The zero-order chi connectivity index (χ0) is 13.9. The summed E-state index contributed by atoms with van der Waals surface area (Å²) in [6.45, 7) is 8.41. The quantitative estimate of drug-likeness (QED) is 0.857. The Bertz CT molecular complexity index is 418. The number of aryl methyl sites for hydroxylation is 1. The lowest BCUT2D eigenvalue weighted by atomic mass is 9.98. The number of hydrogen-bond acceptors (Lipinski definition) is 3. The molecule has 1 aromatic heterocycles. The number of hydrogen-bond donors (Lipinski definition) is 1. The molecule has 2 aliphatic rings. The lowest BCUT2D eigenvalue weighted by Crippen LogP contribution is -2.40. The van der Waals surface area contributed by atoms with Gasteiger partial charge in [0.15, 0.2) is 0 Å². The second-order valence-electron chi connectivity index (χ2n) is 6.47. The van der Waals surface area contributed by atoms with E-state index >= 15 is 0 Å². The van der Waals surface area contributed by atoms with Gasteiger partial charge in [-0.15, -0.1) is 11.3 Å². The van der Waals surface area contributed by atoms with Crippen molar-refractivity contribution < 1.29 is 0 Å². The van der Waals surface area contributed by atoms with E-state index in [-0.39, 0.29) is 0 Å². The van der Waals surface area contributed by atoms with Gasteiger partial charge in [-0.05, 0) is 70.2 Å². The van der Waals surface area contributed by atoms with E-state index in [4.69, 9.17) is 0 Å². The first-order valence-electron chi connectivity index (χ1n) is 8.33. The average molecular weight is 292 g/mol. The van der Waals surface area contributed by atoms with Gasteiger partial charge in [0.2, 0.25) is 0 Å². The summed E-state index contributed by atoms with van der Waals surface area (Å²) in [6, 6.07) is 6.15. The van der Waals surface area contributed by atoms with Crippen LogP contribution in [-0.4, -0.2) is 30.6 Å². The third-order valence-corrected chi connectivity index (χ3v) is 6.22. The summed E-state index contributed by atoms with van der Waals surface area (Å²) < 4.78 is 0. The molecule has 1 aliphatic heterocycles. The standard InChI is InChI=1S/C17H28N2S/c1-3-16-8-9-17(20-16)13(2)19(15-6-7-15)12-14-5-4-10-18-11-14/h8-9,13-15,18H,3-7,10-12H2,1-2H3. The second-order valence-corrected chi connectivity index (χ2v) is 7.67. The van der Waals surface area contributed by atoms with E-state index in [0.717, 1.165) is 12.0 Å². The molecule has 0 spiro atoms. The molecule has 1 aromatic rings. The Balaban J connectivity index is 1.65. The van der Waals surface area contributed by atoms with Crippen LogP contribution in [0.4, 0.5) is 0 Å². The number of nitrogens with zero attached hydrogens (tertiary/aromatic N) is 1. The minimum atomic E-state index is 0.606. The molecular weight excluding hydrogens is 264 g/mol. The highest BCUT2D eigenvalue weighted by molar-refractivity contribution is 7.12. The first kappa shape index (κ1) is 14.6. The minimum Gasteiger partial charge on any atom is -0.316 e. The Kier molecular flexibility index (Phi) is 4.79. The van der Waals surface area contributed by atoms with Gasteiger partial charge in [-0.2, -0.15) is 0 Å².